The second kappa shape index (κ2) is 6.25. The number of ether oxygens (including phenoxy) is 1. The highest BCUT2D eigenvalue weighted by Gasteiger charge is 2.14. The number of carbonyl (C=O) groups excluding carboxylic acids is 1. The summed E-state index contributed by atoms with van der Waals surface area (Å²) in [5, 5.41) is 12.8. The molecule has 0 unspecified atom stereocenters. The van der Waals surface area contributed by atoms with Crippen LogP contribution in [-0.4, -0.2) is 21.1 Å². The van der Waals surface area contributed by atoms with Gasteiger partial charge in [-0.25, -0.2) is 0 Å². The molecule has 0 atom stereocenters. The van der Waals surface area contributed by atoms with Crippen molar-refractivity contribution in [3.05, 3.63) is 53.7 Å². The maximum absolute atomic E-state index is 11.8. The standard InChI is InChI=1S/C13H12BrN3O3/c1-2-9-4-3-5-10(13(18)15-14)11(9)8-20-12-6-7-17(19)16-12/h2-7,19H,1,8H2,(H,15,18). The third kappa shape index (κ3) is 3.00. The van der Waals surface area contributed by atoms with E-state index in [2.05, 4.69) is 32.2 Å². The zero-order valence-electron chi connectivity index (χ0n) is 10.4. The van der Waals surface area contributed by atoms with Crippen LogP contribution in [0.4, 0.5) is 0 Å². The number of nitrogens with one attached hydrogen (secondary N) is 1. The van der Waals surface area contributed by atoms with Gasteiger partial charge in [0.1, 0.15) is 6.61 Å². The van der Waals surface area contributed by atoms with Gasteiger partial charge in [-0.15, -0.1) is 4.85 Å². The van der Waals surface area contributed by atoms with E-state index in [0.717, 1.165) is 5.56 Å². The van der Waals surface area contributed by atoms with Crippen LogP contribution in [0.15, 0.2) is 37.0 Å². The smallest absolute Gasteiger partial charge is 0.261 e. The quantitative estimate of drug-likeness (QED) is 0.648. The Kier molecular flexibility index (Phi) is 4.41. The first kappa shape index (κ1) is 14.1. The highest BCUT2D eigenvalue weighted by Crippen LogP contribution is 2.19. The second-order valence-corrected chi connectivity index (χ2v) is 4.26. The molecule has 0 fully saturated rings. The van der Waals surface area contributed by atoms with Crippen molar-refractivity contribution in [3.63, 3.8) is 0 Å². The molecule has 2 rings (SSSR count). The van der Waals surface area contributed by atoms with E-state index >= 15 is 0 Å². The van der Waals surface area contributed by atoms with Gasteiger partial charge < -0.3 is 9.94 Å². The molecule has 0 aliphatic heterocycles. The molecule has 0 spiro atoms. The molecular formula is C13H12BrN3O3. The van der Waals surface area contributed by atoms with Crippen molar-refractivity contribution in [2.75, 3.05) is 0 Å². The summed E-state index contributed by atoms with van der Waals surface area (Å²) in [5.41, 5.74) is 1.96. The molecule has 1 heterocycles. The summed E-state index contributed by atoms with van der Waals surface area (Å²) < 4.78 is 7.85. The first-order valence-corrected chi connectivity index (χ1v) is 6.48. The molecule has 6 nitrogen and oxygen atoms in total. The lowest BCUT2D eigenvalue weighted by atomic mass is 10.0. The Morgan fingerprint density at radius 3 is 2.95 bits per heavy atom. The molecule has 0 bridgehead atoms. The van der Waals surface area contributed by atoms with Gasteiger partial charge in [-0.1, -0.05) is 29.9 Å². The maximum Gasteiger partial charge on any atom is 0.261 e. The van der Waals surface area contributed by atoms with Crippen molar-refractivity contribution in [3.8, 4) is 5.88 Å². The van der Waals surface area contributed by atoms with E-state index in [4.69, 9.17) is 9.94 Å². The van der Waals surface area contributed by atoms with Crippen LogP contribution in [0.5, 0.6) is 5.88 Å². The number of amides is 1. The minimum absolute atomic E-state index is 0.134. The van der Waals surface area contributed by atoms with Gasteiger partial charge in [-0.05, 0) is 11.6 Å². The van der Waals surface area contributed by atoms with Gasteiger partial charge in [0.05, 0.1) is 6.20 Å². The van der Waals surface area contributed by atoms with Crippen LogP contribution in [0.2, 0.25) is 0 Å². The van der Waals surface area contributed by atoms with Crippen LogP contribution < -0.4 is 9.08 Å². The topological polar surface area (TPSA) is 76.4 Å². The molecule has 2 N–H and O–H groups in total. The van der Waals surface area contributed by atoms with E-state index in [-0.39, 0.29) is 18.4 Å². The van der Waals surface area contributed by atoms with Crippen LogP contribution in [0.1, 0.15) is 21.5 Å². The van der Waals surface area contributed by atoms with Crippen LogP contribution >= 0.6 is 16.1 Å². The summed E-state index contributed by atoms with van der Waals surface area (Å²) in [6, 6.07) is 6.80. The molecule has 1 amide bonds. The van der Waals surface area contributed by atoms with Crippen LogP contribution in [0.25, 0.3) is 6.08 Å². The third-order valence-electron chi connectivity index (χ3n) is 2.68. The molecular weight excluding hydrogens is 326 g/mol. The summed E-state index contributed by atoms with van der Waals surface area (Å²) >= 11 is 2.92. The van der Waals surface area contributed by atoms with Crippen LogP contribution in [0, 0.1) is 0 Å². The van der Waals surface area contributed by atoms with Crippen molar-refractivity contribution < 1.29 is 14.7 Å². The molecule has 0 saturated carbocycles. The summed E-state index contributed by atoms with van der Waals surface area (Å²) in [6.45, 7) is 3.85. The van der Waals surface area contributed by atoms with E-state index in [1.807, 2.05) is 6.07 Å². The Hall–Kier alpha value is -2.28. The highest BCUT2D eigenvalue weighted by atomic mass is 79.9. The molecule has 0 aliphatic rings. The average Bonchev–Trinajstić information content (AvgIpc) is 2.89. The first-order valence-electron chi connectivity index (χ1n) is 5.68. The van der Waals surface area contributed by atoms with Gasteiger partial charge in [0.2, 0.25) is 5.88 Å². The van der Waals surface area contributed by atoms with E-state index in [1.165, 1.54) is 12.3 Å². The van der Waals surface area contributed by atoms with Gasteiger partial charge in [0.25, 0.3) is 5.91 Å². The molecule has 1 aromatic heterocycles. The number of halogens is 1. The number of aromatic nitrogens is 2. The fourth-order valence-electron chi connectivity index (χ4n) is 1.74. The third-order valence-corrected chi connectivity index (χ3v) is 3.04. The zero-order valence-corrected chi connectivity index (χ0v) is 12.0. The van der Waals surface area contributed by atoms with E-state index < -0.39 is 0 Å². The highest BCUT2D eigenvalue weighted by molar-refractivity contribution is 9.08. The lowest BCUT2D eigenvalue weighted by Gasteiger charge is -2.11. The van der Waals surface area contributed by atoms with Gasteiger partial charge in [-0.3, -0.25) is 9.14 Å². The Labute approximate surface area is 124 Å². The van der Waals surface area contributed by atoms with Gasteiger partial charge in [0, 0.05) is 33.3 Å². The number of benzene rings is 1. The molecule has 1 aromatic carbocycles. The zero-order chi connectivity index (χ0) is 14.5. The minimum atomic E-state index is -0.278. The lowest BCUT2D eigenvalue weighted by Crippen LogP contribution is -2.16. The number of rotatable bonds is 5. The monoisotopic (exact) mass is 337 g/mol. The SMILES string of the molecule is C=Cc1cccc(C(=O)NBr)c1COc1ccn(O)n1. The summed E-state index contributed by atoms with van der Waals surface area (Å²) in [5.74, 6) is -0.0171. The van der Waals surface area contributed by atoms with E-state index in [0.29, 0.717) is 16.0 Å². The Morgan fingerprint density at radius 2 is 2.35 bits per heavy atom. The summed E-state index contributed by atoms with van der Waals surface area (Å²) in [4.78, 5) is 12.5. The van der Waals surface area contributed by atoms with Gasteiger partial charge >= 0.3 is 0 Å². The normalized spacial score (nSPS) is 10.1. The van der Waals surface area contributed by atoms with Crippen molar-refractivity contribution >= 4 is 28.1 Å². The predicted molar refractivity (Wildman–Crippen MR) is 76.7 cm³/mol. The maximum atomic E-state index is 11.8. The molecule has 20 heavy (non-hydrogen) atoms. The van der Waals surface area contributed by atoms with E-state index in [1.54, 1.807) is 18.2 Å². The molecule has 0 aliphatic carbocycles. The molecule has 104 valence electrons. The van der Waals surface area contributed by atoms with Crippen molar-refractivity contribution in [2.24, 2.45) is 0 Å². The van der Waals surface area contributed by atoms with Gasteiger partial charge in [0.15, 0.2) is 0 Å². The Morgan fingerprint density at radius 1 is 1.55 bits per heavy atom. The minimum Gasteiger partial charge on any atom is -0.472 e. The predicted octanol–water partition coefficient (Wildman–Crippen LogP) is 2.38. The number of nitrogens with zero attached hydrogens (tertiary/aromatic N) is 2. The lowest BCUT2D eigenvalue weighted by molar-refractivity contribution is 0.0983. The molecule has 7 heteroatoms. The van der Waals surface area contributed by atoms with Crippen molar-refractivity contribution in [2.45, 2.75) is 6.61 Å². The molecule has 0 radical (unpaired) electrons. The number of hydrogen-bond acceptors (Lipinski definition) is 4. The molecule has 2 aromatic rings. The summed E-state index contributed by atoms with van der Waals surface area (Å²) in [6.07, 6.45) is 3.00. The number of carbonyl (C=O) groups is 1. The largest absolute Gasteiger partial charge is 0.472 e. The Bertz CT molecular complexity index is 640. The van der Waals surface area contributed by atoms with Gasteiger partial charge in [-0.2, -0.15) is 0 Å². The fourth-order valence-corrected chi connectivity index (χ4v) is 1.96. The second-order valence-electron chi connectivity index (χ2n) is 3.86. The Balaban J connectivity index is 2.28. The molecule has 0 saturated heterocycles. The first-order chi connectivity index (χ1) is 9.65. The van der Waals surface area contributed by atoms with Crippen molar-refractivity contribution in [1.29, 1.82) is 0 Å². The van der Waals surface area contributed by atoms with Crippen LogP contribution in [0.3, 0.4) is 0 Å². The van der Waals surface area contributed by atoms with Crippen molar-refractivity contribution in [1.82, 2.24) is 14.3 Å². The van der Waals surface area contributed by atoms with Crippen LogP contribution in [-0.2, 0) is 6.61 Å². The fraction of sp³-hybridized carbons (Fsp3) is 0.0769. The summed E-state index contributed by atoms with van der Waals surface area (Å²) in [7, 11) is 0. The average molecular weight is 338 g/mol. The number of hydrogen-bond donors (Lipinski definition) is 2. The van der Waals surface area contributed by atoms with E-state index in [9.17, 15) is 4.79 Å².